The van der Waals surface area contributed by atoms with Gasteiger partial charge < -0.3 is 24.8 Å². The van der Waals surface area contributed by atoms with Gasteiger partial charge in [0.2, 0.25) is 5.91 Å². The van der Waals surface area contributed by atoms with Gasteiger partial charge in [-0.2, -0.15) is 0 Å². The third-order valence-corrected chi connectivity index (χ3v) is 7.03. The summed E-state index contributed by atoms with van der Waals surface area (Å²) in [5, 5.41) is 3.19. The number of benzene rings is 2. The quantitative estimate of drug-likeness (QED) is 0.647. The van der Waals surface area contributed by atoms with Gasteiger partial charge in [0.05, 0.1) is 17.2 Å². The number of carbonyl (C=O) groups excluding carboxylic acids is 3. The van der Waals surface area contributed by atoms with E-state index in [0.717, 1.165) is 37.2 Å². The van der Waals surface area contributed by atoms with Crippen LogP contribution in [0.15, 0.2) is 42.5 Å². The van der Waals surface area contributed by atoms with E-state index < -0.39 is 6.04 Å². The highest BCUT2D eigenvalue weighted by molar-refractivity contribution is 6.34. The Morgan fingerprint density at radius 3 is 2.56 bits per heavy atom. The maximum absolute atomic E-state index is 13.7. The largest absolute Gasteiger partial charge is 0.494 e. The molecule has 2 atom stereocenters. The molecule has 2 aliphatic heterocycles. The molecule has 0 bridgehead atoms. The van der Waals surface area contributed by atoms with Crippen LogP contribution >= 0.6 is 11.6 Å². The second-order valence-electron chi connectivity index (χ2n) is 9.30. The first-order valence-electron chi connectivity index (χ1n) is 12.5. The molecule has 1 N–H and O–H groups in total. The van der Waals surface area contributed by atoms with Gasteiger partial charge in [0.15, 0.2) is 0 Å². The van der Waals surface area contributed by atoms with Crippen LogP contribution in [0.1, 0.15) is 49.5 Å². The molecule has 36 heavy (non-hydrogen) atoms. The van der Waals surface area contributed by atoms with Crippen molar-refractivity contribution in [3.63, 3.8) is 0 Å². The molecular weight excluding hydrogens is 480 g/mol. The summed E-state index contributed by atoms with van der Waals surface area (Å²) >= 11 is 6.47. The molecule has 1 fully saturated rings. The Morgan fingerprint density at radius 2 is 1.86 bits per heavy atom. The highest BCUT2D eigenvalue weighted by Crippen LogP contribution is 2.31. The van der Waals surface area contributed by atoms with Crippen LogP contribution in [0.3, 0.4) is 0 Å². The fourth-order valence-corrected chi connectivity index (χ4v) is 5.04. The van der Waals surface area contributed by atoms with Crippen LogP contribution in [0.25, 0.3) is 0 Å². The number of ether oxygens (including phenoxy) is 1. The lowest BCUT2D eigenvalue weighted by molar-refractivity contribution is -0.131. The molecule has 192 valence electrons. The number of nitrogens with one attached hydrogen (secondary N) is 1. The molecule has 9 heteroatoms. The number of amides is 4. The fourth-order valence-electron chi connectivity index (χ4n) is 4.78. The van der Waals surface area contributed by atoms with Crippen molar-refractivity contribution in [2.45, 2.75) is 52.2 Å². The first-order chi connectivity index (χ1) is 17.3. The van der Waals surface area contributed by atoms with E-state index in [2.05, 4.69) is 5.32 Å². The Balaban J connectivity index is 1.55. The molecular formula is C27H33ClN4O4. The number of hydrogen-bond acceptors (Lipinski definition) is 4. The first kappa shape index (κ1) is 25.8. The molecule has 2 aromatic rings. The van der Waals surface area contributed by atoms with Gasteiger partial charge in [-0.25, -0.2) is 4.79 Å². The summed E-state index contributed by atoms with van der Waals surface area (Å²) in [6.07, 6.45) is 1.99. The van der Waals surface area contributed by atoms with Gasteiger partial charge in [0.25, 0.3) is 5.91 Å². The number of urea groups is 1. The summed E-state index contributed by atoms with van der Waals surface area (Å²) in [7, 11) is 0. The summed E-state index contributed by atoms with van der Waals surface area (Å²) in [5.74, 6) is 0.289. The molecule has 0 aromatic heterocycles. The van der Waals surface area contributed by atoms with Crippen molar-refractivity contribution in [2.24, 2.45) is 0 Å². The maximum atomic E-state index is 13.7. The highest BCUT2D eigenvalue weighted by Gasteiger charge is 2.33. The summed E-state index contributed by atoms with van der Waals surface area (Å²) in [5.41, 5.74) is 1.94. The van der Waals surface area contributed by atoms with Crippen LogP contribution in [-0.4, -0.2) is 66.0 Å². The van der Waals surface area contributed by atoms with Crippen molar-refractivity contribution in [3.8, 4) is 5.75 Å². The average molecular weight is 513 g/mol. The zero-order valence-electron chi connectivity index (χ0n) is 21.0. The smallest absolute Gasteiger partial charge is 0.318 e. The minimum Gasteiger partial charge on any atom is -0.494 e. The Bertz CT molecular complexity index is 1130. The zero-order valence-corrected chi connectivity index (χ0v) is 21.8. The van der Waals surface area contributed by atoms with Gasteiger partial charge in [0, 0.05) is 37.9 Å². The van der Waals surface area contributed by atoms with E-state index in [-0.39, 0.29) is 30.4 Å². The van der Waals surface area contributed by atoms with E-state index in [9.17, 15) is 14.4 Å². The molecule has 2 aromatic carbocycles. The van der Waals surface area contributed by atoms with E-state index >= 15 is 0 Å². The lowest BCUT2D eigenvalue weighted by atomic mass is 10.1. The topological polar surface area (TPSA) is 82.2 Å². The van der Waals surface area contributed by atoms with Gasteiger partial charge in [-0.15, -0.1) is 0 Å². The number of carbonyl (C=O) groups is 3. The number of rotatable bonds is 5. The molecule has 0 saturated carbocycles. The van der Waals surface area contributed by atoms with Crippen LogP contribution in [0.5, 0.6) is 5.75 Å². The molecule has 2 aliphatic rings. The third-order valence-electron chi connectivity index (χ3n) is 6.72. The highest BCUT2D eigenvalue weighted by atomic mass is 35.5. The third kappa shape index (κ3) is 5.43. The van der Waals surface area contributed by atoms with E-state index in [1.807, 2.05) is 38.1 Å². The zero-order chi connectivity index (χ0) is 25.8. The fraction of sp³-hybridized carbons (Fsp3) is 0.444. The minimum atomic E-state index is -0.623. The normalized spacial score (nSPS) is 18.3. The second kappa shape index (κ2) is 11.2. The van der Waals surface area contributed by atoms with E-state index in [1.165, 1.54) is 0 Å². The van der Waals surface area contributed by atoms with Crippen molar-refractivity contribution >= 4 is 35.1 Å². The minimum absolute atomic E-state index is 0.0642. The number of hydrogen-bond donors (Lipinski definition) is 1. The Hall–Kier alpha value is -3.26. The molecule has 1 unspecified atom stereocenters. The predicted molar refractivity (Wildman–Crippen MR) is 140 cm³/mol. The van der Waals surface area contributed by atoms with Crippen molar-refractivity contribution in [1.82, 2.24) is 15.1 Å². The Kier molecular flexibility index (Phi) is 8.04. The lowest BCUT2D eigenvalue weighted by Crippen LogP contribution is -2.53. The van der Waals surface area contributed by atoms with Crippen molar-refractivity contribution in [2.75, 3.05) is 31.1 Å². The average Bonchev–Trinajstić information content (AvgIpc) is 3.35. The molecule has 2 heterocycles. The summed E-state index contributed by atoms with van der Waals surface area (Å²) in [6.45, 7) is 8.07. The summed E-state index contributed by atoms with van der Waals surface area (Å²) in [6, 6.07) is 11.3. The van der Waals surface area contributed by atoms with E-state index in [0.29, 0.717) is 29.5 Å². The van der Waals surface area contributed by atoms with Crippen LogP contribution in [0.4, 0.5) is 10.5 Å². The molecule has 0 aliphatic carbocycles. The SMILES string of the molecule is CCOc1ccc(C(=O)N2CC(C)N(C(=O)N[C@@H](C)C(=O)N3CCCC3)Cc3ccccc32)c(Cl)c1. The second-order valence-corrected chi connectivity index (χ2v) is 9.71. The predicted octanol–water partition coefficient (Wildman–Crippen LogP) is 4.31. The number of para-hydroxylation sites is 1. The number of likely N-dealkylation sites (tertiary alicyclic amines) is 1. The number of halogens is 1. The van der Waals surface area contributed by atoms with Gasteiger partial charge in [0.1, 0.15) is 11.8 Å². The van der Waals surface area contributed by atoms with Crippen LogP contribution < -0.4 is 15.0 Å². The van der Waals surface area contributed by atoms with Crippen molar-refractivity contribution in [1.29, 1.82) is 0 Å². The van der Waals surface area contributed by atoms with Crippen molar-refractivity contribution in [3.05, 3.63) is 58.6 Å². The first-order valence-corrected chi connectivity index (χ1v) is 12.9. The summed E-state index contributed by atoms with van der Waals surface area (Å²) < 4.78 is 5.49. The van der Waals surface area contributed by atoms with Gasteiger partial charge in [-0.3, -0.25) is 9.59 Å². The molecule has 0 spiro atoms. The number of nitrogens with zero attached hydrogens (tertiary/aromatic N) is 3. The van der Waals surface area contributed by atoms with E-state index in [1.54, 1.807) is 39.8 Å². The molecule has 4 amide bonds. The van der Waals surface area contributed by atoms with E-state index in [4.69, 9.17) is 16.3 Å². The van der Waals surface area contributed by atoms with Crippen LogP contribution in [0.2, 0.25) is 5.02 Å². The molecule has 4 rings (SSSR count). The Morgan fingerprint density at radius 1 is 1.14 bits per heavy atom. The lowest BCUT2D eigenvalue weighted by Gasteiger charge is -2.31. The van der Waals surface area contributed by atoms with Gasteiger partial charge >= 0.3 is 6.03 Å². The number of fused-ring (bicyclic) bond motifs is 1. The standard InChI is InChI=1S/C27H33ClN4O4/c1-4-36-21-11-12-22(23(28)15-21)26(34)32-16-18(2)31(17-20-9-5-6-10-24(20)32)27(35)29-19(3)25(33)30-13-7-8-14-30/h5-6,9-12,15,18-19H,4,7-8,13-14,16-17H2,1-3H3,(H,29,35)/t18?,19-/m0/s1. The molecule has 8 nitrogen and oxygen atoms in total. The van der Waals surface area contributed by atoms with Gasteiger partial charge in [-0.05, 0) is 63.4 Å². The maximum Gasteiger partial charge on any atom is 0.318 e. The van der Waals surface area contributed by atoms with Crippen molar-refractivity contribution < 1.29 is 19.1 Å². The van der Waals surface area contributed by atoms with Crippen LogP contribution in [-0.2, 0) is 11.3 Å². The van der Waals surface area contributed by atoms with Crippen LogP contribution in [0, 0.1) is 0 Å². The monoisotopic (exact) mass is 512 g/mol. The van der Waals surface area contributed by atoms with Gasteiger partial charge in [-0.1, -0.05) is 29.8 Å². The molecule has 0 radical (unpaired) electrons. The number of anilines is 1. The summed E-state index contributed by atoms with van der Waals surface area (Å²) in [4.78, 5) is 44.9. The Labute approximate surface area is 217 Å². The molecule has 1 saturated heterocycles.